The first-order valence-corrected chi connectivity index (χ1v) is 2.70. The standard InChI is InChI=1S/C4H6N4O/c5-6-7-8-3-1-2-4(8)9/h1-3H2. The summed E-state index contributed by atoms with van der Waals surface area (Å²) in [6.45, 7) is 0.572. The van der Waals surface area contributed by atoms with Crippen LogP contribution in [-0.4, -0.2) is 17.5 Å². The Hall–Kier alpha value is -1.22. The minimum atomic E-state index is -0.0761. The number of hydrogen-bond donors (Lipinski definition) is 0. The van der Waals surface area contributed by atoms with Gasteiger partial charge in [0, 0.05) is 0 Å². The Balaban J connectivity index is 2.59. The minimum Gasteiger partial charge on any atom is -0.246 e. The van der Waals surface area contributed by atoms with Gasteiger partial charge in [0.05, 0.1) is 13.0 Å². The molecule has 9 heavy (non-hydrogen) atoms. The predicted molar refractivity (Wildman–Crippen MR) is 30.1 cm³/mol. The van der Waals surface area contributed by atoms with E-state index in [1.165, 1.54) is 0 Å². The molecule has 0 aromatic carbocycles. The van der Waals surface area contributed by atoms with E-state index in [4.69, 9.17) is 5.53 Å². The summed E-state index contributed by atoms with van der Waals surface area (Å²) in [5.74, 6) is -0.0761. The molecule has 0 aromatic rings. The van der Waals surface area contributed by atoms with Gasteiger partial charge in [-0.1, -0.05) is 0 Å². The highest BCUT2D eigenvalue weighted by molar-refractivity contribution is 5.77. The first-order chi connectivity index (χ1) is 4.34. The fraction of sp³-hybridized carbons (Fsp3) is 0.750. The molecule has 0 atom stereocenters. The third kappa shape index (κ3) is 1.12. The molecule has 1 aliphatic rings. The number of carbonyl (C=O) groups excluding carboxylic acids is 1. The zero-order valence-corrected chi connectivity index (χ0v) is 4.82. The molecule has 0 aliphatic carbocycles. The van der Waals surface area contributed by atoms with Crippen molar-refractivity contribution >= 4 is 5.91 Å². The lowest BCUT2D eigenvalue weighted by Crippen LogP contribution is -2.16. The monoisotopic (exact) mass is 126 g/mol. The number of nitrogens with zero attached hydrogens (tertiary/aromatic N) is 4. The van der Waals surface area contributed by atoms with Crippen LogP contribution in [0.4, 0.5) is 0 Å². The van der Waals surface area contributed by atoms with Gasteiger partial charge < -0.3 is 0 Å². The Labute approximate surface area is 51.9 Å². The molecule has 0 unspecified atom stereocenters. The Morgan fingerprint density at radius 3 is 3.00 bits per heavy atom. The van der Waals surface area contributed by atoms with Crippen molar-refractivity contribution in [3.8, 4) is 0 Å². The smallest absolute Gasteiger partial charge is 0.246 e. The lowest BCUT2D eigenvalue weighted by atomic mass is 10.4. The van der Waals surface area contributed by atoms with E-state index in [1.54, 1.807) is 0 Å². The molecule has 0 N–H and O–H groups in total. The highest BCUT2D eigenvalue weighted by Crippen LogP contribution is 2.08. The molecule has 0 bridgehead atoms. The maximum atomic E-state index is 10.6. The van der Waals surface area contributed by atoms with Gasteiger partial charge in [-0.15, -0.1) is 5.53 Å². The van der Waals surface area contributed by atoms with Gasteiger partial charge in [-0.3, -0.25) is 0 Å². The number of hydrogen-bond acceptors (Lipinski definition) is 2. The van der Waals surface area contributed by atoms with Crippen molar-refractivity contribution in [3.63, 3.8) is 0 Å². The topological polar surface area (TPSA) is 69.1 Å². The molecule has 0 radical (unpaired) electrons. The molecule has 0 spiro atoms. The lowest BCUT2D eigenvalue weighted by Gasteiger charge is -1.97. The zero-order valence-electron chi connectivity index (χ0n) is 4.82. The number of carbonyl (C=O) groups is 1. The van der Waals surface area contributed by atoms with Gasteiger partial charge >= 0.3 is 5.91 Å². The van der Waals surface area contributed by atoms with Crippen molar-refractivity contribution in [2.75, 3.05) is 6.54 Å². The van der Waals surface area contributed by atoms with Crippen LogP contribution in [0.15, 0.2) is 5.22 Å². The second-order valence-electron chi connectivity index (χ2n) is 1.80. The quantitative estimate of drug-likeness (QED) is 0.291. The van der Waals surface area contributed by atoms with Gasteiger partial charge in [0.25, 0.3) is 0 Å². The lowest BCUT2D eigenvalue weighted by molar-refractivity contribution is -0.127. The number of azide groups is 1. The van der Waals surface area contributed by atoms with Crippen LogP contribution in [0.3, 0.4) is 0 Å². The number of rotatable bonds is 1. The Morgan fingerprint density at radius 2 is 2.56 bits per heavy atom. The molecule has 1 amide bonds. The molecule has 1 rings (SSSR count). The van der Waals surface area contributed by atoms with Crippen LogP contribution in [0.1, 0.15) is 12.8 Å². The summed E-state index contributed by atoms with van der Waals surface area (Å²) in [7, 11) is 0. The van der Waals surface area contributed by atoms with Gasteiger partial charge in [0.15, 0.2) is 0 Å². The average Bonchev–Trinajstić information content (AvgIpc) is 2.18. The maximum absolute atomic E-state index is 10.6. The summed E-state index contributed by atoms with van der Waals surface area (Å²) < 4.78 is 0. The molecule has 1 saturated heterocycles. The van der Waals surface area contributed by atoms with Crippen molar-refractivity contribution in [2.45, 2.75) is 12.8 Å². The van der Waals surface area contributed by atoms with Crippen LogP contribution in [-0.2, 0) is 4.79 Å². The molecule has 1 heterocycles. The summed E-state index contributed by atoms with van der Waals surface area (Å²) in [4.78, 5) is 13.1. The van der Waals surface area contributed by atoms with Crippen molar-refractivity contribution in [1.82, 2.24) is 5.01 Å². The first-order valence-electron chi connectivity index (χ1n) is 2.70. The molecule has 0 saturated carbocycles. The van der Waals surface area contributed by atoms with Gasteiger partial charge in [0.2, 0.25) is 0 Å². The molecular formula is C4H6N4O. The maximum Gasteiger partial charge on any atom is 0.312 e. The van der Waals surface area contributed by atoms with Gasteiger partial charge in [-0.05, 0) is 11.6 Å². The molecule has 48 valence electrons. The SMILES string of the molecule is [N-]=[N+]=NN1CCCC1=O. The normalized spacial score (nSPS) is 17.8. The van der Waals surface area contributed by atoms with Crippen LogP contribution in [0.25, 0.3) is 10.4 Å². The van der Waals surface area contributed by atoms with Gasteiger partial charge in [-0.2, -0.15) is 9.92 Å². The zero-order chi connectivity index (χ0) is 6.69. The van der Waals surface area contributed by atoms with Crippen LogP contribution < -0.4 is 0 Å². The third-order valence-electron chi connectivity index (χ3n) is 1.20. The van der Waals surface area contributed by atoms with E-state index in [-0.39, 0.29) is 5.91 Å². The van der Waals surface area contributed by atoms with E-state index in [1.807, 2.05) is 0 Å². The molecule has 5 nitrogen and oxygen atoms in total. The number of amides is 1. The van der Waals surface area contributed by atoms with E-state index in [9.17, 15) is 4.79 Å². The van der Waals surface area contributed by atoms with Crippen LogP contribution >= 0.6 is 0 Å². The van der Waals surface area contributed by atoms with Gasteiger partial charge in [-0.25, -0.2) is 4.79 Å². The fourth-order valence-electron chi connectivity index (χ4n) is 0.777. The molecule has 0 aromatic heterocycles. The molecule has 5 heteroatoms. The Morgan fingerprint density at radius 1 is 1.78 bits per heavy atom. The second-order valence-corrected chi connectivity index (χ2v) is 1.80. The first kappa shape index (κ1) is 5.91. The van der Waals surface area contributed by atoms with Crippen molar-refractivity contribution in [3.05, 3.63) is 10.4 Å². The molecular weight excluding hydrogens is 120 g/mol. The van der Waals surface area contributed by atoms with E-state index < -0.39 is 0 Å². The van der Waals surface area contributed by atoms with E-state index in [0.717, 1.165) is 11.4 Å². The van der Waals surface area contributed by atoms with E-state index >= 15 is 0 Å². The summed E-state index contributed by atoms with van der Waals surface area (Å²) in [5, 5.41) is 4.32. The summed E-state index contributed by atoms with van der Waals surface area (Å²) >= 11 is 0. The van der Waals surface area contributed by atoms with Crippen molar-refractivity contribution < 1.29 is 4.79 Å². The summed E-state index contributed by atoms with van der Waals surface area (Å²) in [6.07, 6.45) is 1.32. The highest BCUT2D eigenvalue weighted by Gasteiger charge is 2.22. The van der Waals surface area contributed by atoms with Crippen molar-refractivity contribution in [1.29, 1.82) is 0 Å². The third-order valence-corrected chi connectivity index (χ3v) is 1.20. The molecule has 1 fully saturated rings. The van der Waals surface area contributed by atoms with Crippen LogP contribution in [0, 0.1) is 0 Å². The summed E-state index contributed by atoms with van der Waals surface area (Å²) in [6, 6.07) is 0. The highest BCUT2D eigenvalue weighted by atomic mass is 16.2. The van der Waals surface area contributed by atoms with Crippen LogP contribution in [0.5, 0.6) is 0 Å². The van der Waals surface area contributed by atoms with E-state index in [2.05, 4.69) is 10.1 Å². The largest absolute Gasteiger partial charge is 0.312 e. The fourth-order valence-corrected chi connectivity index (χ4v) is 0.777. The second kappa shape index (κ2) is 2.37. The Kier molecular flexibility index (Phi) is 1.55. The van der Waals surface area contributed by atoms with Crippen LogP contribution in [0.2, 0.25) is 0 Å². The van der Waals surface area contributed by atoms with Gasteiger partial charge in [0.1, 0.15) is 0 Å². The Bertz CT molecular complexity index is 171. The average molecular weight is 126 g/mol. The minimum absolute atomic E-state index is 0.0761. The molecule has 1 aliphatic heterocycles. The summed E-state index contributed by atoms with van der Waals surface area (Å²) in [5.41, 5.74) is 7.91. The van der Waals surface area contributed by atoms with E-state index in [0.29, 0.717) is 13.0 Å². The predicted octanol–water partition coefficient (Wildman–Crippen LogP) is 0.834. The van der Waals surface area contributed by atoms with Crippen molar-refractivity contribution in [2.24, 2.45) is 5.22 Å².